The third-order valence-electron chi connectivity index (χ3n) is 3.58. The van der Waals surface area contributed by atoms with Gasteiger partial charge in [0.1, 0.15) is 0 Å². The zero-order chi connectivity index (χ0) is 9.10. The maximum Gasteiger partial charge on any atom is 0.0192 e. The topological polar surface area (TPSA) is 15.3 Å². The summed E-state index contributed by atoms with van der Waals surface area (Å²) in [6, 6.07) is 0.753. The van der Waals surface area contributed by atoms with Crippen molar-refractivity contribution in [1.82, 2.24) is 10.2 Å². The van der Waals surface area contributed by atoms with Gasteiger partial charge in [-0.1, -0.05) is 6.42 Å². The molecule has 0 aromatic carbocycles. The fraction of sp³-hybridized carbons (Fsp3) is 1.00. The molecule has 0 radical (unpaired) electrons. The van der Waals surface area contributed by atoms with Gasteiger partial charge in [-0.2, -0.15) is 0 Å². The maximum absolute atomic E-state index is 3.49. The van der Waals surface area contributed by atoms with Gasteiger partial charge in [-0.25, -0.2) is 0 Å². The van der Waals surface area contributed by atoms with Crippen LogP contribution in [0, 0.1) is 5.92 Å². The summed E-state index contributed by atoms with van der Waals surface area (Å²) in [5.74, 6) is 1.03. The third kappa shape index (κ3) is 2.44. The summed E-state index contributed by atoms with van der Waals surface area (Å²) in [6.45, 7) is 7.43. The van der Waals surface area contributed by atoms with Gasteiger partial charge in [0.05, 0.1) is 0 Å². The van der Waals surface area contributed by atoms with Crippen molar-refractivity contribution in [3.05, 3.63) is 0 Å². The van der Waals surface area contributed by atoms with E-state index in [1.54, 1.807) is 0 Å². The first-order valence-corrected chi connectivity index (χ1v) is 5.81. The van der Waals surface area contributed by atoms with Gasteiger partial charge < -0.3 is 5.32 Å². The van der Waals surface area contributed by atoms with Crippen molar-refractivity contribution >= 4 is 0 Å². The molecule has 1 N–H and O–H groups in total. The predicted molar refractivity (Wildman–Crippen MR) is 55.9 cm³/mol. The molecule has 13 heavy (non-hydrogen) atoms. The third-order valence-corrected chi connectivity index (χ3v) is 3.58. The number of nitrogens with one attached hydrogen (secondary N) is 1. The van der Waals surface area contributed by atoms with Crippen molar-refractivity contribution in [1.29, 1.82) is 0 Å². The van der Waals surface area contributed by atoms with Crippen LogP contribution in [0.2, 0.25) is 0 Å². The molecule has 1 aliphatic carbocycles. The predicted octanol–water partition coefficient (Wildman–Crippen LogP) is 1.47. The van der Waals surface area contributed by atoms with E-state index in [0.29, 0.717) is 0 Å². The van der Waals surface area contributed by atoms with Gasteiger partial charge in [0.15, 0.2) is 0 Å². The molecular weight excluding hydrogens is 160 g/mol. The Labute approximate surface area is 81.7 Å². The van der Waals surface area contributed by atoms with E-state index in [9.17, 15) is 0 Å². The summed E-state index contributed by atoms with van der Waals surface area (Å²) >= 11 is 0. The fourth-order valence-electron chi connectivity index (χ4n) is 2.35. The van der Waals surface area contributed by atoms with E-state index in [0.717, 1.165) is 12.0 Å². The summed E-state index contributed by atoms with van der Waals surface area (Å²) in [5, 5.41) is 3.49. The van der Waals surface area contributed by atoms with Gasteiger partial charge in [0.25, 0.3) is 0 Å². The van der Waals surface area contributed by atoms with Crippen molar-refractivity contribution in [2.75, 3.05) is 26.2 Å². The van der Waals surface area contributed by atoms with Crippen molar-refractivity contribution in [2.24, 2.45) is 5.92 Å². The Balaban J connectivity index is 1.79. The highest BCUT2D eigenvalue weighted by atomic mass is 15.2. The molecular formula is C11H22N2. The normalized spacial score (nSPS) is 32.5. The Kier molecular flexibility index (Phi) is 3.23. The number of rotatable bonds is 2. The van der Waals surface area contributed by atoms with Crippen molar-refractivity contribution in [3.8, 4) is 0 Å². The minimum absolute atomic E-state index is 0.753. The Bertz CT molecular complexity index is 154. The zero-order valence-corrected chi connectivity index (χ0v) is 8.76. The van der Waals surface area contributed by atoms with Crippen LogP contribution in [-0.2, 0) is 0 Å². The SMILES string of the molecule is CC1CNCCCN1CC1CCC1. The summed E-state index contributed by atoms with van der Waals surface area (Å²) in [7, 11) is 0. The van der Waals surface area contributed by atoms with E-state index in [2.05, 4.69) is 17.1 Å². The van der Waals surface area contributed by atoms with Gasteiger partial charge >= 0.3 is 0 Å². The summed E-state index contributed by atoms with van der Waals surface area (Å²) in [6.07, 6.45) is 5.77. The zero-order valence-electron chi connectivity index (χ0n) is 8.76. The van der Waals surface area contributed by atoms with Gasteiger partial charge in [0, 0.05) is 19.1 Å². The molecule has 0 bridgehead atoms. The Morgan fingerprint density at radius 1 is 1.31 bits per heavy atom. The van der Waals surface area contributed by atoms with Crippen molar-refractivity contribution in [2.45, 2.75) is 38.6 Å². The largest absolute Gasteiger partial charge is 0.315 e. The Morgan fingerprint density at radius 3 is 2.85 bits per heavy atom. The lowest BCUT2D eigenvalue weighted by Crippen LogP contribution is -2.41. The molecule has 0 amide bonds. The highest BCUT2D eigenvalue weighted by Gasteiger charge is 2.23. The molecule has 2 nitrogen and oxygen atoms in total. The lowest BCUT2D eigenvalue weighted by Gasteiger charge is -2.34. The highest BCUT2D eigenvalue weighted by Crippen LogP contribution is 2.27. The molecule has 1 saturated heterocycles. The molecule has 1 aliphatic heterocycles. The second-order valence-electron chi connectivity index (χ2n) is 4.70. The molecule has 2 heteroatoms. The van der Waals surface area contributed by atoms with E-state index in [4.69, 9.17) is 0 Å². The van der Waals surface area contributed by atoms with Crippen molar-refractivity contribution < 1.29 is 0 Å². The summed E-state index contributed by atoms with van der Waals surface area (Å²) in [5.41, 5.74) is 0. The van der Waals surface area contributed by atoms with Crippen LogP contribution in [0.3, 0.4) is 0 Å². The molecule has 76 valence electrons. The minimum atomic E-state index is 0.753. The molecule has 2 aliphatic rings. The van der Waals surface area contributed by atoms with Crippen LogP contribution in [0.15, 0.2) is 0 Å². The van der Waals surface area contributed by atoms with Crippen molar-refractivity contribution in [3.63, 3.8) is 0 Å². The number of nitrogens with zero attached hydrogens (tertiary/aromatic N) is 1. The van der Waals surface area contributed by atoms with Gasteiger partial charge in [-0.05, 0) is 45.2 Å². The van der Waals surface area contributed by atoms with E-state index in [1.807, 2.05) is 0 Å². The highest BCUT2D eigenvalue weighted by molar-refractivity contribution is 4.79. The number of hydrogen-bond acceptors (Lipinski definition) is 2. The molecule has 0 spiro atoms. The molecule has 1 saturated carbocycles. The first-order chi connectivity index (χ1) is 6.36. The quantitative estimate of drug-likeness (QED) is 0.695. The van der Waals surface area contributed by atoms with E-state index < -0.39 is 0 Å². The van der Waals surface area contributed by atoms with E-state index in [1.165, 1.54) is 51.9 Å². The van der Waals surface area contributed by atoms with Gasteiger partial charge in [-0.3, -0.25) is 4.90 Å². The fourth-order valence-corrected chi connectivity index (χ4v) is 2.35. The standard InChI is InChI=1S/C11H22N2/c1-10-8-12-6-3-7-13(10)9-11-4-2-5-11/h10-12H,2-9H2,1H3. The Morgan fingerprint density at radius 2 is 2.15 bits per heavy atom. The van der Waals surface area contributed by atoms with Crippen LogP contribution < -0.4 is 5.32 Å². The molecule has 2 fully saturated rings. The van der Waals surface area contributed by atoms with Crippen LogP contribution in [0.25, 0.3) is 0 Å². The molecule has 1 atom stereocenters. The minimum Gasteiger partial charge on any atom is -0.315 e. The van der Waals surface area contributed by atoms with Crippen LogP contribution in [0.4, 0.5) is 0 Å². The molecule has 1 heterocycles. The van der Waals surface area contributed by atoms with Crippen LogP contribution in [0.5, 0.6) is 0 Å². The van der Waals surface area contributed by atoms with E-state index in [-0.39, 0.29) is 0 Å². The smallest absolute Gasteiger partial charge is 0.0192 e. The van der Waals surface area contributed by atoms with Gasteiger partial charge in [0.2, 0.25) is 0 Å². The molecule has 2 rings (SSSR count). The average Bonchev–Trinajstić information content (AvgIpc) is 2.23. The summed E-state index contributed by atoms with van der Waals surface area (Å²) < 4.78 is 0. The first kappa shape index (κ1) is 9.47. The van der Waals surface area contributed by atoms with Gasteiger partial charge in [-0.15, -0.1) is 0 Å². The lowest BCUT2D eigenvalue weighted by atomic mass is 9.85. The monoisotopic (exact) mass is 182 g/mol. The second kappa shape index (κ2) is 4.43. The Hall–Kier alpha value is -0.0800. The second-order valence-corrected chi connectivity index (χ2v) is 4.70. The van der Waals surface area contributed by atoms with Crippen LogP contribution in [-0.4, -0.2) is 37.1 Å². The molecule has 1 unspecified atom stereocenters. The number of hydrogen-bond donors (Lipinski definition) is 1. The average molecular weight is 182 g/mol. The van der Waals surface area contributed by atoms with E-state index >= 15 is 0 Å². The lowest BCUT2D eigenvalue weighted by molar-refractivity contribution is 0.148. The van der Waals surface area contributed by atoms with Crippen LogP contribution in [0.1, 0.15) is 32.6 Å². The first-order valence-electron chi connectivity index (χ1n) is 5.81. The van der Waals surface area contributed by atoms with Crippen LogP contribution >= 0.6 is 0 Å². The maximum atomic E-state index is 3.49. The molecule has 0 aromatic heterocycles. The molecule has 0 aromatic rings. The summed E-state index contributed by atoms with van der Waals surface area (Å²) in [4.78, 5) is 2.68.